The molecule has 1 aromatic rings. The Morgan fingerprint density at radius 1 is 0.933 bits per heavy atom. The summed E-state index contributed by atoms with van der Waals surface area (Å²) in [7, 11) is 0. The Morgan fingerprint density at radius 2 is 1.60 bits per heavy atom. The van der Waals surface area contributed by atoms with Gasteiger partial charge in [-0.25, -0.2) is 0 Å². The summed E-state index contributed by atoms with van der Waals surface area (Å²) in [6, 6.07) is 0. The van der Waals surface area contributed by atoms with Crippen molar-refractivity contribution in [3.05, 3.63) is 11.9 Å². The van der Waals surface area contributed by atoms with Crippen LogP contribution in [0.2, 0.25) is 0 Å². The van der Waals surface area contributed by atoms with Crippen molar-refractivity contribution in [1.82, 2.24) is 15.0 Å². The van der Waals surface area contributed by atoms with Crippen molar-refractivity contribution in [1.29, 1.82) is 0 Å². The van der Waals surface area contributed by atoms with Crippen molar-refractivity contribution in [2.75, 3.05) is 0 Å². The molecule has 2 aliphatic heterocycles. The van der Waals surface area contributed by atoms with Gasteiger partial charge in [0, 0.05) is 0 Å². The molecule has 0 atom stereocenters. The van der Waals surface area contributed by atoms with Gasteiger partial charge in [-0.1, -0.05) is 5.21 Å². The van der Waals surface area contributed by atoms with E-state index in [-0.39, 0.29) is 0 Å². The van der Waals surface area contributed by atoms with Crippen molar-refractivity contribution >= 4 is 0 Å². The van der Waals surface area contributed by atoms with Gasteiger partial charge in [0.25, 0.3) is 6.29 Å². The molecule has 0 saturated carbocycles. The lowest BCUT2D eigenvalue weighted by atomic mass is 10.4. The third kappa shape index (κ3) is 1.20. The van der Waals surface area contributed by atoms with Gasteiger partial charge in [-0.15, -0.1) is 25.6 Å². The molecule has 3 rings (SSSR count). The predicted octanol–water partition coefficient (Wildman–Crippen LogP) is 1.40. The maximum atomic E-state index is 3.80. The highest BCUT2D eigenvalue weighted by atomic mass is 15.7. The Bertz CT molecular complexity index is 412. The summed E-state index contributed by atoms with van der Waals surface area (Å²) in [6.07, 6.45) is 0.330. The van der Waals surface area contributed by atoms with Crippen LogP contribution in [-0.2, 0) is 0 Å². The average Bonchev–Trinajstić information content (AvgIpc) is 3.01. The second-order valence-electron chi connectivity index (χ2n) is 2.64. The van der Waals surface area contributed by atoms with Crippen LogP contribution >= 0.6 is 0 Å². The van der Waals surface area contributed by atoms with Crippen LogP contribution in [0.1, 0.15) is 18.1 Å². The van der Waals surface area contributed by atoms with E-state index in [1.807, 2.05) is 0 Å². The van der Waals surface area contributed by atoms with Crippen LogP contribution in [0.3, 0.4) is 0 Å². The molecule has 74 valence electrons. The van der Waals surface area contributed by atoms with E-state index < -0.39 is 12.5 Å². The summed E-state index contributed by atoms with van der Waals surface area (Å²) >= 11 is 0. The fourth-order valence-corrected chi connectivity index (χ4v) is 1.16. The number of hydrogen-bond donors (Lipinski definition) is 0. The number of nitrogens with zero attached hydrogens (tertiary/aromatic N) is 11. The molecule has 11 heteroatoms. The van der Waals surface area contributed by atoms with Crippen molar-refractivity contribution in [3.63, 3.8) is 0 Å². The molecule has 0 bridgehead atoms. The lowest BCUT2D eigenvalue weighted by molar-refractivity contribution is 0.442. The molecule has 0 fully saturated rings. The van der Waals surface area contributed by atoms with Gasteiger partial charge in [0.15, 0.2) is 0 Å². The molecule has 1 aromatic heterocycles. The zero-order valence-corrected chi connectivity index (χ0v) is 7.15. The SMILES string of the molecule is c1nnn(C2N=NN=N2)c1C1N=NN=N1. The van der Waals surface area contributed by atoms with Gasteiger partial charge in [-0.2, -0.15) is 4.68 Å². The Balaban J connectivity index is 1.98. The molecule has 11 nitrogen and oxygen atoms in total. The molecule has 0 amide bonds. The van der Waals surface area contributed by atoms with E-state index in [4.69, 9.17) is 0 Å². The zero-order valence-electron chi connectivity index (χ0n) is 7.15. The Hall–Kier alpha value is -2.46. The van der Waals surface area contributed by atoms with E-state index in [1.165, 1.54) is 10.9 Å². The van der Waals surface area contributed by atoms with Gasteiger partial charge in [-0.05, 0) is 20.9 Å². The van der Waals surface area contributed by atoms with Crippen LogP contribution in [0.15, 0.2) is 47.5 Å². The van der Waals surface area contributed by atoms with Crippen LogP contribution < -0.4 is 0 Å². The lowest BCUT2D eigenvalue weighted by Crippen LogP contribution is -2.09. The van der Waals surface area contributed by atoms with Crippen molar-refractivity contribution in [2.24, 2.45) is 41.4 Å². The molecule has 2 aliphatic rings. The largest absolute Gasteiger partial charge is 0.278 e. The Labute approximate surface area is 81.7 Å². The first-order valence-electron chi connectivity index (χ1n) is 3.95. The second kappa shape index (κ2) is 3.04. The summed E-state index contributed by atoms with van der Waals surface area (Å²) in [6.45, 7) is 0. The molecule has 0 spiro atoms. The van der Waals surface area contributed by atoms with Crippen molar-refractivity contribution < 1.29 is 0 Å². The Kier molecular flexibility index (Phi) is 1.60. The van der Waals surface area contributed by atoms with E-state index in [2.05, 4.69) is 51.7 Å². The highest BCUT2D eigenvalue weighted by molar-refractivity contribution is 5.02. The standard InChI is InChI=1S/C4H3N11/c1-2(3-6-10-11-7-3)15(14-5-1)4-8-12-13-9-4/h1,3-4H. The third-order valence-corrected chi connectivity index (χ3v) is 1.80. The summed E-state index contributed by atoms with van der Waals surface area (Å²) < 4.78 is 1.41. The van der Waals surface area contributed by atoms with Crippen LogP contribution in [0.25, 0.3) is 0 Å². The van der Waals surface area contributed by atoms with Crippen LogP contribution in [0, 0.1) is 0 Å². The fourth-order valence-electron chi connectivity index (χ4n) is 1.16. The molecule has 0 saturated heterocycles. The minimum Gasteiger partial charge on any atom is -0.197 e. The smallest absolute Gasteiger partial charge is 0.197 e. The van der Waals surface area contributed by atoms with Crippen molar-refractivity contribution in [2.45, 2.75) is 12.5 Å². The minimum absolute atomic E-state index is 0.536. The predicted molar refractivity (Wildman–Crippen MR) is 41.2 cm³/mol. The van der Waals surface area contributed by atoms with E-state index in [9.17, 15) is 0 Å². The molecular weight excluding hydrogens is 202 g/mol. The molecule has 0 radical (unpaired) electrons. The monoisotopic (exact) mass is 205 g/mol. The van der Waals surface area contributed by atoms with Gasteiger partial charge in [-0.3, -0.25) is 0 Å². The number of rotatable bonds is 2. The van der Waals surface area contributed by atoms with Crippen molar-refractivity contribution in [3.8, 4) is 0 Å². The maximum absolute atomic E-state index is 3.80. The summed E-state index contributed by atoms with van der Waals surface area (Å²) in [5.41, 5.74) is 0.588. The van der Waals surface area contributed by atoms with E-state index >= 15 is 0 Å². The summed E-state index contributed by atoms with van der Waals surface area (Å²) in [4.78, 5) is 0. The topological polar surface area (TPSA) is 130 Å². The van der Waals surface area contributed by atoms with Crippen LogP contribution in [-0.4, -0.2) is 15.0 Å². The number of hydrogen-bond acceptors (Lipinski definition) is 10. The van der Waals surface area contributed by atoms with E-state index in [0.717, 1.165) is 0 Å². The molecule has 0 aromatic carbocycles. The van der Waals surface area contributed by atoms with E-state index in [0.29, 0.717) is 5.69 Å². The first-order chi connectivity index (χ1) is 7.45. The normalized spacial score (nSPS) is 19.7. The zero-order chi connectivity index (χ0) is 10.1. The van der Waals surface area contributed by atoms with Crippen LogP contribution in [0.5, 0.6) is 0 Å². The summed E-state index contributed by atoms with van der Waals surface area (Å²) in [5.74, 6) is 0. The molecule has 0 unspecified atom stereocenters. The lowest BCUT2D eigenvalue weighted by Gasteiger charge is -2.05. The van der Waals surface area contributed by atoms with Gasteiger partial charge in [0.05, 0.1) is 6.20 Å². The molecular formula is C4H3N11. The fraction of sp³-hybridized carbons (Fsp3) is 0.500. The molecule has 0 N–H and O–H groups in total. The molecule has 15 heavy (non-hydrogen) atoms. The van der Waals surface area contributed by atoms with Gasteiger partial charge < -0.3 is 0 Å². The molecule has 0 aliphatic carbocycles. The quantitative estimate of drug-likeness (QED) is 0.722. The minimum atomic E-state index is -0.631. The first kappa shape index (κ1) is 7.90. The van der Waals surface area contributed by atoms with Crippen LogP contribution in [0.4, 0.5) is 0 Å². The number of aromatic nitrogens is 3. The molecule has 3 heterocycles. The van der Waals surface area contributed by atoms with E-state index in [1.54, 1.807) is 0 Å². The van der Waals surface area contributed by atoms with Gasteiger partial charge in [0.1, 0.15) is 5.69 Å². The summed E-state index contributed by atoms with van der Waals surface area (Å²) in [5, 5.41) is 36.0. The highest BCUT2D eigenvalue weighted by Crippen LogP contribution is 2.27. The highest BCUT2D eigenvalue weighted by Gasteiger charge is 2.24. The van der Waals surface area contributed by atoms with Gasteiger partial charge in [0.2, 0.25) is 6.17 Å². The second-order valence-corrected chi connectivity index (χ2v) is 2.64. The Morgan fingerprint density at radius 3 is 2.33 bits per heavy atom. The maximum Gasteiger partial charge on any atom is 0.278 e. The third-order valence-electron chi connectivity index (χ3n) is 1.80. The first-order valence-corrected chi connectivity index (χ1v) is 3.95. The van der Waals surface area contributed by atoms with Gasteiger partial charge >= 0.3 is 0 Å². The average molecular weight is 205 g/mol.